The van der Waals surface area contributed by atoms with Gasteiger partial charge in [-0.05, 0) is 55.0 Å². The number of carbonyl (C=O) groups excluding carboxylic acids is 2. The molecule has 2 amide bonds. The molecule has 3 rings (SSSR count). The molecule has 0 aliphatic carbocycles. The van der Waals surface area contributed by atoms with Crippen LogP contribution in [0.3, 0.4) is 0 Å². The van der Waals surface area contributed by atoms with E-state index >= 15 is 0 Å². The van der Waals surface area contributed by atoms with E-state index in [-0.39, 0.29) is 24.9 Å². The van der Waals surface area contributed by atoms with Crippen molar-refractivity contribution in [3.8, 4) is 11.5 Å². The van der Waals surface area contributed by atoms with E-state index in [2.05, 4.69) is 5.32 Å². The first kappa shape index (κ1) is 23.9. The number of methoxy groups -OCH3 is 1. The van der Waals surface area contributed by atoms with Crippen molar-refractivity contribution in [2.45, 2.75) is 13.5 Å². The molecule has 33 heavy (non-hydrogen) atoms. The van der Waals surface area contributed by atoms with E-state index in [4.69, 9.17) is 25.5 Å². The van der Waals surface area contributed by atoms with E-state index < -0.39 is 0 Å². The second-order valence-electron chi connectivity index (χ2n) is 6.99. The minimum absolute atomic E-state index is 0.145. The smallest absolute Gasteiger partial charge is 0.247 e. The van der Waals surface area contributed by atoms with Crippen LogP contribution in [0.25, 0.3) is 6.08 Å². The summed E-state index contributed by atoms with van der Waals surface area (Å²) in [6, 6.07) is 15.9. The molecule has 1 heterocycles. The molecule has 0 atom stereocenters. The molecule has 3 aromatic rings. The zero-order chi connectivity index (χ0) is 23.6. The molecule has 0 fully saturated rings. The topological polar surface area (TPSA) is 81.0 Å². The van der Waals surface area contributed by atoms with Crippen molar-refractivity contribution in [3.63, 3.8) is 0 Å². The van der Waals surface area contributed by atoms with Gasteiger partial charge in [-0.1, -0.05) is 29.8 Å². The highest BCUT2D eigenvalue weighted by Crippen LogP contribution is 2.36. The molecule has 0 saturated heterocycles. The Morgan fingerprint density at radius 1 is 1.15 bits per heavy atom. The molecule has 8 heteroatoms. The van der Waals surface area contributed by atoms with Gasteiger partial charge in [0, 0.05) is 11.8 Å². The lowest BCUT2D eigenvalue weighted by atomic mass is 10.1. The summed E-state index contributed by atoms with van der Waals surface area (Å²) in [7, 11) is 1.51. The molecule has 0 radical (unpaired) electrons. The zero-order valence-electron chi connectivity index (χ0n) is 18.4. The summed E-state index contributed by atoms with van der Waals surface area (Å²) in [6.07, 6.45) is 4.51. The van der Waals surface area contributed by atoms with Gasteiger partial charge >= 0.3 is 0 Å². The minimum Gasteiger partial charge on any atom is -0.491 e. The van der Waals surface area contributed by atoms with E-state index in [0.717, 1.165) is 0 Å². The van der Waals surface area contributed by atoms with Gasteiger partial charge in [-0.2, -0.15) is 0 Å². The predicted octanol–water partition coefficient (Wildman–Crippen LogP) is 5.02. The second-order valence-corrected chi connectivity index (χ2v) is 7.40. The van der Waals surface area contributed by atoms with Crippen LogP contribution in [0.2, 0.25) is 5.02 Å². The van der Waals surface area contributed by atoms with E-state index in [1.807, 2.05) is 25.1 Å². The third-order valence-electron chi connectivity index (χ3n) is 4.58. The lowest BCUT2D eigenvalue weighted by molar-refractivity contribution is -0.131. The summed E-state index contributed by atoms with van der Waals surface area (Å²) in [5.74, 6) is 0.795. The lowest BCUT2D eigenvalue weighted by Crippen LogP contribution is -2.36. The number of nitrogens with zero attached hydrogens (tertiary/aromatic N) is 1. The summed E-state index contributed by atoms with van der Waals surface area (Å²) in [6.45, 7) is 2.29. The van der Waals surface area contributed by atoms with Crippen molar-refractivity contribution < 1.29 is 23.5 Å². The molecule has 7 nitrogen and oxygen atoms in total. The SMILES string of the molecule is CCOc1cc(/C=C/C(=O)N(CC(=O)Nc2ccccc2)Cc2ccco2)cc(Cl)c1OC. The van der Waals surface area contributed by atoms with Gasteiger partial charge in [0.15, 0.2) is 11.5 Å². The van der Waals surface area contributed by atoms with E-state index in [0.29, 0.717) is 40.1 Å². The van der Waals surface area contributed by atoms with Gasteiger partial charge in [-0.25, -0.2) is 0 Å². The van der Waals surface area contributed by atoms with Crippen molar-refractivity contribution in [1.29, 1.82) is 0 Å². The average molecular weight is 469 g/mol. The summed E-state index contributed by atoms with van der Waals surface area (Å²) >= 11 is 6.29. The number of anilines is 1. The van der Waals surface area contributed by atoms with Gasteiger partial charge < -0.3 is 24.1 Å². The van der Waals surface area contributed by atoms with Crippen LogP contribution in [-0.2, 0) is 16.1 Å². The van der Waals surface area contributed by atoms with Gasteiger partial charge in [0.1, 0.15) is 12.3 Å². The van der Waals surface area contributed by atoms with E-state index in [9.17, 15) is 9.59 Å². The molecule has 0 saturated carbocycles. The second kappa shape index (κ2) is 11.8. The van der Waals surface area contributed by atoms with Crippen LogP contribution in [0, 0.1) is 0 Å². The molecule has 0 spiro atoms. The first-order valence-electron chi connectivity index (χ1n) is 10.3. The summed E-state index contributed by atoms with van der Waals surface area (Å²) < 4.78 is 16.2. The van der Waals surface area contributed by atoms with Crippen molar-refractivity contribution in [3.05, 3.63) is 83.3 Å². The van der Waals surface area contributed by atoms with Crippen LogP contribution >= 0.6 is 11.6 Å². The van der Waals surface area contributed by atoms with Gasteiger partial charge in [0.05, 0.1) is 31.5 Å². The molecule has 0 bridgehead atoms. The quantitative estimate of drug-likeness (QED) is 0.422. The summed E-state index contributed by atoms with van der Waals surface area (Å²) in [5, 5.41) is 3.15. The zero-order valence-corrected chi connectivity index (χ0v) is 19.2. The van der Waals surface area contributed by atoms with Crippen LogP contribution in [0.5, 0.6) is 11.5 Å². The van der Waals surface area contributed by atoms with Gasteiger partial charge in [0.25, 0.3) is 0 Å². The highest BCUT2D eigenvalue weighted by Gasteiger charge is 2.18. The lowest BCUT2D eigenvalue weighted by Gasteiger charge is -2.19. The maximum atomic E-state index is 13.0. The predicted molar refractivity (Wildman–Crippen MR) is 127 cm³/mol. The highest BCUT2D eigenvalue weighted by molar-refractivity contribution is 6.32. The number of carbonyl (C=O) groups is 2. The molecule has 1 N–H and O–H groups in total. The molecule has 172 valence electrons. The fourth-order valence-electron chi connectivity index (χ4n) is 3.12. The number of halogens is 1. The van der Waals surface area contributed by atoms with Crippen LogP contribution in [-0.4, -0.2) is 37.0 Å². The van der Waals surface area contributed by atoms with Crippen LogP contribution in [0.15, 0.2) is 71.4 Å². The number of amides is 2. The van der Waals surface area contributed by atoms with Crippen LogP contribution in [0.1, 0.15) is 18.2 Å². The van der Waals surface area contributed by atoms with Crippen LogP contribution < -0.4 is 14.8 Å². The first-order chi connectivity index (χ1) is 16.0. The number of para-hydroxylation sites is 1. The number of hydrogen-bond acceptors (Lipinski definition) is 5. The third kappa shape index (κ3) is 6.89. The molecule has 0 aliphatic rings. The Bertz CT molecular complexity index is 1100. The fourth-order valence-corrected chi connectivity index (χ4v) is 3.41. The first-order valence-corrected chi connectivity index (χ1v) is 10.7. The Morgan fingerprint density at radius 3 is 2.61 bits per heavy atom. The number of hydrogen-bond donors (Lipinski definition) is 1. The molecular formula is C25H25ClN2O5. The summed E-state index contributed by atoms with van der Waals surface area (Å²) in [4.78, 5) is 26.9. The Kier molecular flexibility index (Phi) is 8.55. The number of benzene rings is 2. The number of nitrogens with one attached hydrogen (secondary N) is 1. The van der Waals surface area contributed by atoms with Gasteiger partial charge in [0.2, 0.25) is 11.8 Å². The van der Waals surface area contributed by atoms with Crippen molar-refractivity contribution in [1.82, 2.24) is 4.90 Å². The third-order valence-corrected chi connectivity index (χ3v) is 4.87. The number of ether oxygens (including phenoxy) is 2. The molecular weight excluding hydrogens is 444 g/mol. The highest BCUT2D eigenvalue weighted by atomic mass is 35.5. The molecule has 1 aromatic heterocycles. The fraction of sp³-hybridized carbons (Fsp3) is 0.200. The maximum Gasteiger partial charge on any atom is 0.247 e. The Hall–Kier alpha value is -3.71. The van der Waals surface area contributed by atoms with Crippen molar-refractivity contribution in [2.75, 3.05) is 25.6 Å². The van der Waals surface area contributed by atoms with Crippen molar-refractivity contribution in [2.24, 2.45) is 0 Å². The van der Waals surface area contributed by atoms with Crippen molar-refractivity contribution >= 4 is 35.2 Å². The van der Waals surface area contributed by atoms with Crippen LogP contribution in [0.4, 0.5) is 5.69 Å². The van der Waals surface area contributed by atoms with E-state index in [1.54, 1.807) is 42.5 Å². The normalized spacial score (nSPS) is 10.8. The summed E-state index contributed by atoms with van der Waals surface area (Å²) in [5.41, 5.74) is 1.31. The largest absolute Gasteiger partial charge is 0.491 e. The average Bonchev–Trinajstić information content (AvgIpc) is 3.31. The van der Waals surface area contributed by atoms with Gasteiger partial charge in [-0.3, -0.25) is 9.59 Å². The molecule has 2 aromatic carbocycles. The Morgan fingerprint density at radius 2 is 1.94 bits per heavy atom. The molecule has 0 aliphatic heterocycles. The Labute approximate surface area is 197 Å². The van der Waals surface area contributed by atoms with E-state index in [1.165, 1.54) is 24.3 Å². The Balaban J connectivity index is 1.76. The number of furan rings is 1. The molecule has 0 unspecified atom stereocenters. The monoisotopic (exact) mass is 468 g/mol. The van der Waals surface area contributed by atoms with Gasteiger partial charge in [-0.15, -0.1) is 0 Å². The minimum atomic E-state index is -0.362. The number of rotatable bonds is 10. The standard InChI is InChI=1S/C25H25ClN2O5/c1-3-32-22-15-18(14-21(26)25(22)31-2)11-12-24(30)28(16-20-10-7-13-33-20)17-23(29)27-19-8-5-4-6-9-19/h4-15H,3,16-17H2,1-2H3,(H,27,29)/b12-11+. The maximum absolute atomic E-state index is 13.0.